The van der Waals surface area contributed by atoms with E-state index in [1.807, 2.05) is 64.2 Å². The number of ether oxygens (including phenoxy) is 2. The van der Waals surface area contributed by atoms with Gasteiger partial charge in [0.25, 0.3) is 17.7 Å². The Morgan fingerprint density at radius 3 is 2.31 bits per heavy atom. The quantitative estimate of drug-likeness (QED) is 0.0888. The van der Waals surface area contributed by atoms with Crippen molar-refractivity contribution in [2.24, 2.45) is 11.7 Å². The van der Waals surface area contributed by atoms with Crippen molar-refractivity contribution < 1.29 is 38.2 Å². The number of carbonyl (C=O) groups is 6. The highest BCUT2D eigenvalue weighted by molar-refractivity contribution is 6.25. The molecule has 6 heterocycles. The van der Waals surface area contributed by atoms with Gasteiger partial charge >= 0.3 is 6.03 Å². The second kappa shape index (κ2) is 19.1. The predicted molar refractivity (Wildman–Crippen MR) is 240 cm³/mol. The number of amides is 7. The maximum Gasteiger partial charge on any atom is 0.317 e. The second-order valence-electron chi connectivity index (χ2n) is 17.2. The third-order valence-corrected chi connectivity index (χ3v) is 13.2. The van der Waals surface area contributed by atoms with Crippen molar-refractivity contribution in [3.8, 4) is 22.8 Å². The molecule has 2 atom stereocenters. The van der Waals surface area contributed by atoms with Crippen molar-refractivity contribution >= 4 is 47.1 Å². The molecule has 340 valence electrons. The first-order chi connectivity index (χ1) is 31.6. The number of piperidine rings is 3. The lowest BCUT2D eigenvalue weighted by atomic mass is 9.87. The molecule has 6 N–H and O–H groups in total. The van der Waals surface area contributed by atoms with E-state index in [-0.39, 0.29) is 48.0 Å². The van der Waals surface area contributed by atoms with E-state index in [1.54, 1.807) is 18.2 Å². The lowest BCUT2D eigenvalue weighted by Crippen LogP contribution is -2.54. The number of likely N-dealkylation sites (tertiary alicyclic amines) is 2. The molecular formula is C47H54N10O8. The van der Waals surface area contributed by atoms with Crippen LogP contribution in [0.3, 0.4) is 0 Å². The number of nitrogens with one attached hydrogen (secondary N) is 4. The summed E-state index contributed by atoms with van der Waals surface area (Å²) in [5, 5.41) is 17.1. The lowest BCUT2D eigenvalue weighted by molar-refractivity contribution is -0.136. The van der Waals surface area contributed by atoms with Crippen LogP contribution in [0.5, 0.6) is 11.5 Å². The largest absolute Gasteiger partial charge is 0.457 e. The van der Waals surface area contributed by atoms with E-state index in [0.29, 0.717) is 67.9 Å². The maximum absolute atomic E-state index is 13.4. The Kier molecular flexibility index (Phi) is 12.8. The Morgan fingerprint density at radius 2 is 1.57 bits per heavy atom. The first kappa shape index (κ1) is 43.5. The average Bonchev–Trinajstić information content (AvgIpc) is 3.84. The van der Waals surface area contributed by atoms with Gasteiger partial charge in [-0.1, -0.05) is 24.3 Å². The minimum atomic E-state index is -1.02. The second-order valence-corrected chi connectivity index (χ2v) is 17.2. The molecule has 5 aliphatic heterocycles. The van der Waals surface area contributed by atoms with E-state index >= 15 is 0 Å². The zero-order valence-electron chi connectivity index (χ0n) is 36.1. The predicted octanol–water partition coefficient (Wildman–Crippen LogP) is 4.21. The highest BCUT2D eigenvalue weighted by Crippen LogP contribution is 2.40. The molecule has 0 spiro atoms. The molecule has 65 heavy (non-hydrogen) atoms. The van der Waals surface area contributed by atoms with Crippen molar-refractivity contribution in [3.05, 3.63) is 89.5 Å². The molecule has 0 bridgehead atoms. The number of urea groups is 1. The van der Waals surface area contributed by atoms with Crippen molar-refractivity contribution in [2.75, 3.05) is 69.7 Å². The van der Waals surface area contributed by atoms with Crippen LogP contribution in [0.1, 0.15) is 82.1 Å². The SMILES string of the molecule is NC(=O)c1c(-c2ccc(Oc3ccccc3)cc2)nn2c1NCC[C@H]2C1CCN(C(=O)NC2CCN(CCOCCNc3cccc4c3C(=O)N(C3CCC(=O)NC3=O)C4=O)CC2)CC1. The van der Waals surface area contributed by atoms with Gasteiger partial charge in [0, 0.05) is 69.5 Å². The molecule has 0 saturated carbocycles. The fourth-order valence-electron chi connectivity index (χ4n) is 9.75. The van der Waals surface area contributed by atoms with Crippen LogP contribution in [-0.4, -0.2) is 131 Å². The highest BCUT2D eigenvalue weighted by atomic mass is 16.5. The summed E-state index contributed by atoms with van der Waals surface area (Å²) in [5.74, 6) is -0.360. The Labute approximate surface area is 376 Å². The fourth-order valence-corrected chi connectivity index (χ4v) is 9.75. The van der Waals surface area contributed by atoms with Crippen LogP contribution in [-0.2, 0) is 14.3 Å². The van der Waals surface area contributed by atoms with E-state index in [9.17, 15) is 28.8 Å². The normalized spacial score (nSPS) is 20.5. The van der Waals surface area contributed by atoms with Gasteiger partial charge in [0.05, 0.1) is 30.4 Å². The van der Waals surface area contributed by atoms with Crippen LogP contribution < -0.4 is 31.7 Å². The number of para-hydroxylation sites is 1. The molecule has 1 unspecified atom stereocenters. The summed E-state index contributed by atoms with van der Waals surface area (Å²) >= 11 is 0. The van der Waals surface area contributed by atoms with E-state index in [4.69, 9.17) is 20.3 Å². The van der Waals surface area contributed by atoms with Crippen molar-refractivity contribution in [2.45, 2.75) is 63.1 Å². The minimum Gasteiger partial charge on any atom is -0.457 e. The molecule has 3 fully saturated rings. The minimum absolute atomic E-state index is 0.0281. The summed E-state index contributed by atoms with van der Waals surface area (Å²) in [5.41, 5.74) is 8.59. The molecule has 4 aromatic rings. The van der Waals surface area contributed by atoms with Gasteiger partial charge in [-0.25, -0.2) is 9.48 Å². The first-order valence-corrected chi connectivity index (χ1v) is 22.6. The number of hydrogen-bond donors (Lipinski definition) is 5. The standard InChI is InChI=1S/C47H54N10O8/c48-42(59)40-41(30-9-11-33(12-10-30)65-32-5-2-1-3-6-32)53-57-36(15-20-50-43(40)57)29-16-24-55(25-17-29)47(63)51-31-18-22-54(23-19-31)26-28-64-27-21-49-35-8-4-7-34-39(35)46(62)56(45(34)61)37-13-14-38(58)52-44(37)60/h1-12,29,31,36-37,49-50H,13-28H2,(H2,48,59)(H,51,63)(H,52,58,60)/t36-,37?/m0/s1. The van der Waals surface area contributed by atoms with Gasteiger partial charge in [-0.3, -0.25) is 34.2 Å². The van der Waals surface area contributed by atoms with E-state index < -0.39 is 35.6 Å². The van der Waals surface area contributed by atoms with Crippen LogP contribution in [0.25, 0.3) is 11.3 Å². The maximum atomic E-state index is 13.4. The summed E-state index contributed by atoms with van der Waals surface area (Å²) in [6.07, 6.45) is 4.35. The van der Waals surface area contributed by atoms with Crippen LogP contribution in [0, 0.1) is 5.92 Å². The van der Waals surface area contributed by atoms with Crippen LogP contribution in [0.4, 0.5) is 16.3 Å². The molecule has 1 aromatic heterocycles. The third kappa shape index (κ3) is 9.26. The molecule has 9 rings (SSSR count). The molecule has 3 aromatic carbocycles. The number of nitrogens with two attached hydrogens (primary N) is 1. The number of hydrogen-bond acceptors (Lipinski definition) is 12. The number of imide groups is 2. The number of benzene rings is 3. The van der Waals surface area contributed by atoms with Gasteiger partial charge in [-0.2, -0.15) is 5.10 Å². The van der Waals surface area contributed by atoms with Crippen molar-refractivity contribution in [1.29, 1.82) is 0 Å². The zero-order valence-corrected chi connectivity index (χ0v) is 36.1. The number of carbonyl (C=O) groups excluding carboxylic acids is 6. The van der Waals surface area contributed by atoms with Crippen LogP contribution >= 0.6 is 0 Å². The molecule has 7 amide bonds. The van der Waals surface area contributed by atoms with Gasteiger partial charge in [-0.15, -0.1) is 0 Å². The topological polar surface area (TPSA) is 223 Å². The number of aromatic nitrogens is 2. The van der Waals surface area contributed by atoms with Crippen LogP contribution in [0.15, 0.2) is 72.8 Å². The molecule has 18 heteroatoms. The summed E-state index contributed by atoms with van der Waals surface area (Å²) in [4.78, 5) is 82.0. The number of fused-ring (bicyclic) bond motifs is 2. The molecule has 5 aliphatic rings. The van der Waals surface area contributed by atoms with E-state index in [1.165, 1.54) is 0 Å². The van der Waals surface area contributed by atoms with Crippen LogP contribution in [0.2, 0.25) is 0 Å². The Bertz CT molecular complexity index is 2440. The average molecular weight is 887 g/mol. The number of nitrogens with zero attached hydrogens (tertiary/aromatic N) is 5. The summed E-state index contributed by atoms with van der Waals surface area (Å²) in [6.45, 7) is 5.70. The van der Waals surface area contributed by atoms with Gasteiger partial charge < -0.3 is 41.0 Å². The molecule has 0 radical (unpaired) electrons. The number of primary amides is 1. The molecule has 0 aliphatic carbocycles. The Morgan fingerprint density at radius 1 is 0.815 bits per heavy atom. The zero-order chi connectivity index (χ0) is 45.0. The van der Waals surface area contributed by atoms with Gasteiger partial charge in [0.2, 0.25) is 11.8 Å². The smallest absolute Gasteiger partial charge is 0.317 e. The van der Waals surface area contributed by atoms with Gasteiger partial charge in [0.15, 0.2) is 0 Å². The lowest BCUT2D eigenvalue weighted by Gasteiger charge is -2.39. The van der Waals surface area contributed by atoms with Crippen molar-refractivity contribution in [1.82, 2.24) is 35.1 Å². The van der Waals surface area contributed by atoms with Gasteiger partial charge in [-0.05, 0) is 93.0 Å². The van der Waals surface area contributed by atoms with Crippen molar-refractivity contribution in [3.63, 3.8) is 0 Å². The fraction of sp³-hybridized carbons (Fsp3) is 0.426. The molecule has 18 nitrogen and oxygen atoms in total. The van der Waals surface area contributed by atoms with E-state index in [2.05, 4.69) is 26.2 Å². The summed E-state index contributed by atoms with van der Waals surface area (Å²) in [6, 6.07) is 21.1. The highest BCUT2D eigenvalue weighted by Gasteiger charge is 2.45. The summed E-state index contributed by atoms with van der Waals surface area (Å²) < 4.78 is 13.8. The summed E-state index contributed by atoms with van der Waals surface area (Å²) in [7, 11) is 0. The molecular weight excluding hydrogens is 833 g/mol. The van der Waals surface area contributed by atoms with E-state index in [0.717, 1.165) is 68.0 Å². The Balaban J connectivity index is 0.694. The Hall–Kier alpha value is -6.79. The molecule has 3 saturated heterocycles. The first-order valence-electron chi connectivity index (χ1n) is 22.6. The monoisotopic (exact) mass is 886 g/mol. The van der Waals surface area contributed by atoms with Gasteiger partial charge in [0.1, 0.15) is 34.6 Å². The number of rotatable bonds is 14. The number of anilines is 2. The third-order valence-electron chi connectivity index (χ3n) is 13.2.